The van der Waals surface area contributed by atoms with E-state index in [4.69, 9.17) is 5.73 Å². The minimum Gasteiger partial charge on any atom is -0.327 e. The Hall–Kier alpha value is -0.110. The normalized spacial score (nSPS) is 36.2. The van der Waals surface area contributed by atoms with Crippen molar-refractivity contribution in [2.75, 3.05) is 0 Å². The van der Waals surface area contributed by atoms with Gasteiger partial charge in [-0.05, 0) is 31.1 Å². The Morgan fingerprint density at radius 1 is 1.42 bits per heavy atom. The van der Waals surface area contributed by atoms with Gasteiger partial charge >= 0.3 is 0 Å². The van der Waals surface area contributed by atoms with E-state index in [0.717, 1.165) is 6.42 Å². The third kappa shape index (κ3) is 2.74. The fraction of sp³-hybridized carbons (Fsp3) is 1.00. The van der Waals surface area contributed by atoms with E-state index < -0.39 is 5.67 Å². The van der Waals surface area contributed by atoms with Crippen LogP contribution in [0.1, 0.15) is 46.5 Å². The molecule has 1 rings (SSSR count). The van der Waals surface area contributed by atoms with Crippen molar-refractivity contribution in [1.29, 1.82) is 0 Å². The van der Waals surface area contributed by atoms with Crippen LogP contribution in [-0.2, 0) is 0 Å². The van der Waals surface area contributed by atoms with E-state index in [-0.39, 0.29) is 11.5 Å². The summed E-state index contributed by atoms with van der Waals surface area (Å²) in [5.74, 6) is 0. The highest BCUT2D eigenvalue weighted by Gasteiger charge is 2.42. The van der Waals surface area contributed by atoms with Gasteiger partial charge in [0.25, 0.3) is 0 Å². The smallest absolute Gasteiger partial charge is 0.114 e. The van der Waals surface area contributed by atoms with Gasteiger partial charge < -0.3 is 5.73 Å². The fourth-order valence-electron chi connectivity index (χ4n) is 1.68. The number of rotatable bonds is 2. The first-order chi connectivity index (χ1) is 5.31. The fourth-order valence-corrected chi connectivity index (χ4v) is 1.68. The van der Waals surface area contributed by atoms with Crippen molar-refractivity contribution in [3.05, 3.63) is 0 Å². The topological polar surface area (TPSA) is 26.0 Å². The van der Waals surface area contributed by atoms with Crippen molar-refractivity contribution < 1.29 is 4.39 Å². The average Bonchev–Trinajstić information content (AvgIpc) is 1.79. The molecule has 0 aromatic carbocycles. The SMILES string of the molecule is CC(C)(C)CCC1(F)CC(N)C1. The van der Waals surface area contributed by atoms with Crippen molar-refractivity contribution in [1.82, 2.24) is 0 Å². The maximum Gasteiger partial charge on any atom is 0.114 e. The molecule has 0 saturated heterocycles. The molecule has 0 heterocycles. The lowest BCUT2D eigenvalue weighted by Gasteiger charge is -2.40. The molecule has 2 N–H and O–H groups in total. The van der Waals surface area contributed by atoms with Gasteiger partial charge in [0.15, 0.2) is 0 Å². The second-order valence-corrected chi connectivity index (χ2v) is 5.38. The molecule has 0 radical (unpaired) electrons. The first-order valence-electron chi connectivity index (χ1n) is 4.75. The number of alkyl halides is 1. The van der Waals surface area contributed by atoms with Gasteiger partial charge in [0.1, 0.15) is 5.67 Å². The van der Waals surface area contributed by atoms with Crippen molar-refractivity contribution >= 4 is 0 Å². The van der Waals surface area contributed by atoms with E-state index >= 15 is 0 Å². The van der Waals surface area contributed by atoms with E-state index in [1.54, 1.807) is 0 Å². The summed E-state index contributed by atoms with van der Waals surface area (Å²) in [7, 11) is 0. The lowest BCUT2D eigenvalue weighted by Crippen LogP contribution is -2.48. The molecule has 0 bridgehead atoms. The zero-order valence-electron chi connectivity index (χ0n) is 8.36. The van der Waals surface area contributed by atoms with Gasteiger partial charge in [-0.25, -0.2) is 4.39 Å². The molecular weight excluding hydrogens is 153 g/mol. The summed E-state index contributed by atoms with van der Waals surface area (Å²) < 4.78 is 13.6. The van der Waals surface area contributed by atoms with Crippen molar-refractivity contribution in [2.45, 2.75) is 58.2 Å². The highest BCUT2D eigenvalue weighted by Crippen LogP contribution is 2.41. The predicted octanol–water partition coefficient (Wildman–Crippen LogP) is 2.64. The lowest BCUT2D eigenvalue weighted by atomic mass is 9.72. The van der Waals surface area contributed by atoms with Gasteiger partial charge in [0.05, 0.1) is 0 Å². The molecule has 0 amide bonds. The molecule has 72 valence electrons. The van der Waals surface area contributed by atoms with Crippen LogP contribution in [0.25, 0.3) is 0 Å². The molecular formula is C10H20FN. The minimum absolute atomic E-state index is 0.120. The van der Waals surface area contributed by atoms with Gasteiger partial charge in [-0.3, -0.25) is 0 Å². The Kier molecular flexibility index (Phi) is 2.48. The maximum atomic E-state index is 13.6. The van der Waals surface area contributed by atoms with Crippen molar-refractivity contribution in [2.24, 2.45) is 11.1 Å². The summed E-state index contributed by atoms with van der Waals surface area (Å²) in [4.78, 5) is 0. The largest absolute Gasteiger partial charge is 0.327 e. The number of hydrogen-bond donors (Lipinski definition) is 1. The molecule has 0 unspecified atom stereocenters. The zero-order chi connectivity index (χ0) is 9.41. The highest BCUT2D eigenvalue weighted by molar-refractivity contribution is 4.97. The summed E-state index contributed by atoms with van der Waals surface area (Å²) in [6.45, 7) is 6.44. The van der Waals surface area contributed by atoms with Crippen molar-refractivity contribution in [3.63, 3.8) is 0 Å². The molecule has 1 aliphatic rings. The molecule has 1 saturated carbocycles. The van der Waals surface area contributed by atoms with Crippen LogP contribution in [-0.4, -0.2) is 11.7 Å². The van der Waals surface area contributed by atoms with E-state index in [2.05, 4.69) is 20.8 Å². The van der Waals surface area contributed by atoms with Gasteiger partial charge in [-0.1, -0.05) is 20.8 Å². The predicted molar refractivity (Wildman–Crippen MR) is 49.7 cm³/mol. The van der Waals surface area contributed by atoms with Gasteiger partial charge in [0, 0.05) is 6.04 Å². The highest BCUT2D eigenvalue weighted by atomic mass is 19.1. The first-order valence-corrected chi connectivity index (χ1v) is 4.75. The second-order valence-electron chi connectivity index (χ2n) is 5.38. The summed E-state index contributed by atoms with van der Waals surface area (Å²) in [6.07, 6.45) is 2.78. The molecule has 12 heavy (non-hydrogen) atoms. The van der Waals surface area contributed by atoms with Crippen LogP contribution in [0, 0.1) is 5.41 Å². The van der Waals surface area contributed by atoms with Gasteiger partial charge in [-0.2, -0.15) is 0 Å². The Bertz CT molecular complexity index is 154. The van der Waals surface area contributed by atoms with Crippen LogP contribution >= 0.6 is 0 Å². The van der Waals surface area contributed by atoms with Crippen LogP contribution in [0.15, 0.2) is 0 Å². The molecule has 1 fully saturated rings. The second kappa shape index (κ2) is 2.99. The van der Waals surface area contributed by atoms with Crippen LogP contribution in [0.5, 0.6) is 0 Å². The third-order valence-corrected chi connectivity index (χ3v) is 2.58. The third-order valence-electron chi connectivity index (χ3n) is 2.58. The monoisotopic (exact) mass is 173 g/mol. The average molecular weight is 173 g/mol. The van der Waals surface area contributed by atoms with Crippen LogP contribution in [0.2, 0.25) is 0 Å². The van der Waals surface area contributed by atoms with Crippen LogP contribution in [0.4, 0.5) is 4.39 Å². The Labute approximate surface area is 74.5 Å². The number of halogens is 1. The summed E-state index contributed by atoms with van der Waals surface area (Å²) >= 11 is 0. The Morgan fingerprint density at radius 2 is 1.92 bits per heavy atom. The first kappa shape index (κ1) is 9.97. The van der Waals surface area contributed by atoms with Crippen LogP contribution in [0.3, 0.4) is 0 Å². The molecule has 2 heteroatoms. The van der Waals surface area contributed by atoms with E-state index in [9.17, 15) is 4.39 Å². The molecule has 0 atom stereocenters. The zero-order valence-corrected chi connectivity index (χ0v) is 8.36. The molecule has 0 aliphatic heterocycles. The molecule has 0 aromatic rings. The molecule has 1 nitrogen and oxygen atoms in total. The Balaban J connectivity index is 2.24. The van der Waals surface area contributed by atoms with E-state index in [0.29, 0.717) is 19.3 Å². The number of hydrogen-bond acceptors (Lipinski definition) is 1. The Morgan fingerprint density at radius 3 is 2.25 bits per heavy atom. The molecule has 0 aromatic heterocycles. The standard InChI is InChI=1S/C10H20FN/c1-9(2,3)4-5-10(11)6-8(12)7-10/h8H,4-7,12H2,1-3H3. The maximum absolute atomic E-state index is 13.6. The number of nitrogens with two attached hydrogens (primary N) is 1. The minimum atomic E-state index is -0.924. The summed E-state index contributed by atoms with van der Waals surface area (Å²) in [5.41, 5.74) is 4.88. The summed E-state index contributed by atoms with van der Waals surface area (Å²) in [5, 5.41) is 0. The quantitative estimate of drug-likeness (QED) is 0.682. The van der Waals surface area contributed by atoms with E-state index in [1.165, 1.54) is 0 Å². The molecule has 0 spiro atoms. The van der Waals surface area contributed by atoms with Gasteiger partial charge in [-0.15, -0.1) is 0 Å². The summed E-state index contributed by atoms with van der Waals surface area (Å²) in [6, 6.07) is 0.120. The van der Waals surface area contributed by atoms with Crippen molar-refractivity contribution in [3.8, 4) is 0 Å². The van der Waals surface area contributed by atoms with Gasteiger partial charge in [0.2, 0.25) is 0 Å². The van der Waals surface area contributed by atoms with Crippen LogP contribution < -0.4 is 5.73 Å². The van der Waals surface area contributed by atoms with E-state index in [1.807, 2.05) is 0 Å². The lowest BCUT2D eigenvalue weighted by molar-refractivity contribution is 0.0242. The molecule has 1 aliphatic carbocycles.